The van der Waals surface area contributed by atoms with E-state index < -0.39 is 0 Å². The Balaban J connectivity index is 1.46. The lowest BCUT2D eigenvalue weighted by Gasteiger charge is -2.44. The van der Waals surface area contributed by atoms with Crippen LogP contribution in [0.1, 0.15) is 50.1 Å². The molecule has 5 rings (SSSR count). The Labute approximate surface area is 161 Å². The van der Waals surface area contributed by atoms with Gasteiger partial charge in [0.15, 0.2) is 0 Å². The van der Waals surface area contributed by atoms with Crippen molar-refractivity contribution in [2.75, 3.05) is 19.6 Å². The van der Waals surface area contributed by atoms with Crippen LogP contribution in [0.5, 0.6) is 0 Å². The van der Waals surface area contributed by atoms with Gasteiger partial charge < -0.3 is 9.47 Å². The Morgan fingerprint density at radius 1 is 1.04 bits per heavy atom. The summed E-state index contributed by atoms with van der Waals surface area (Å²) in [6, 6.07) is 7.86. The van der Waals surface area contributed by atoms with Crippen molar-refractivity contribution < 1.29 is 0 Å². The van der Waals surface area contributed by atoms with Crippen LogP contribution < -0.4 is 5.56 Å². The van der Waals surface area contributed by atoms with Crippen LogP contribution in [0.4, 0.5) is 0 Å². The highest BCUT2D eigenvalue weighted by atomic mass is 16.1. The van der Waals surface area contributed by atoms with Gasteiger partial charge in [-0.3, -0.25) is 9.78 Å². The molecule has 1 aliphatic carbocycles. The summed E-state index contributed by atoms with van der Waals surface area (Å²) < 4.78 is 2.07. The molecule has 2 atom stereocenters. The van der Waals surface area contributed by atoms with E-state index in [4.69, 9.17) is 0 Å². The van der Waals surface area contributed by atoms with Crippen LogP contribution in [-0.2, 0) is 6.54 Å². The highest BCUT2D eigenvalue weighted by Gasteiger charge is 2.36. The molecule has 2 aromatic rings. The van der Waals surface area contributed by atoms with E-state index in [1.807, 2.05) is 24.5 Å². The number of pyridine rings is 2. The summed E-state index contributed by atoms with van der Waals surface area (Å²) in [6.45, 7) is 4.39. The molecule has 3 aliphatic rings. The van der Waals surface area contributed by atoms with E-state index in [-0.39, 0.29) is 5.56 Å². The number of rotatable bonds is 3. The van der Waals surface area contributed by atoms with Crippen molar-refractivity contribution in [1.82, 2.24) is 14.5 Å². The first-order valence-electron chi connectivity index (χ1n) is 10.6. The fourth-order valence-corrected chi connectivity index (χ4v) is 5.76. The van der Waals surface area contributed by atoms with Crippen LogP contribution in [0.3, 0.4) is 0 Å². The summed E-state index contributed by atoms with van der Waals surface area (Å²) in [5.41, 5.74) is 3.74. The lowest BCUT2D eigenvalue weighted by atomic mass is 9.80. The molecule has 142 valence electrons. The maximum Gasteiger partial charge on any atom is 0.250 e. The second-order valence-corrected chi connectivity index (χ2v) is 8.84. The second kappa shape index (κ2) is 7.23. The van der Waals surface area contributed by atoms with Gasteiger partial charge in [0.2, 0.25) is 0 Å². The molecule has 4 nitrogen and oxygen atoms in total. The maximum atomic E-state index is 12.6. The van der Waals surface area contributed by atoms with Crippen LogP contribution in [0.2, 0.25) is 0 Å². The van der Waals surface area contributed by atoms with Crippen LogP contribution in [0.25, 0.3) is 11.1 Å². The van der Waals surface area contributed by atoms with E-state index in [0.717, 1.165) is 31.1 Å². The number of hydrogen-bond acceptors (Lipinski definition) is 3. The molecule has 4 heteroatoms. The van der Waals surface area contributed by atoms with Crippen molar-refractivity contribution in [3.8, 4) is 11.1 Å². The Bertz CT molecular complexity index is 854. The van der Waals surface area contributed by atoms with Gasteiger partial charge in [-0.05, 0) is 43.2 Å². The Morgan fingerprint density at radius 3 is 2.74 bits per heavy atom. The molecule has 0 N–H and O–H groups in total. The van der Waals surface area contributed by atoms with Crippen LogP contribution in [0.15, 0.2) is 41.5 Å². The standard InChI is InChI=1S/C23H29N3O/c27-22-9-8-21(19-7-4-10-24-12-19)23-20-11-18(15-26(22)23)14-25(16-20)13-17-5-2-1-3-6-17/h4,7-10,12,17-18,20H,1-3,5-6,11,13-16H2/t18-,20-/m0/s1. The van der Waals surface area contributed by atoms with Gasteiger partial charge >= 0.3 is 0 Å². The molecule has 1 saturated carbocycles. The zero-order chi connectivity index (χ0) is 18.2. The van der Waals surface area contributed by atoms with E-state index in [1.54, 1.807) is 6.07 Å². The number of hydrogen-bond donors (Lipinski definition) is 0. The van der Waals surface area contributed by atoms with Gasteiger partial charge in [0.25, 0.3) is 5.56 Å². The number of nitrogens with zero attached hydrogens (tertiary/aromatic N) is 3. The third-order valence-corrected chi connectivity index (χ3v) is 6.88. The fraction of sp³-hybridized carbons (Fsp3) is 0.565. The predicted octanol–water partition coefficient (Wildman–Crippen LogP) is 3.91. The Morgan fingerprint density at radius 2 is 1.93 bits per heavy atom. The summed E-state index contributed by atoms with van der Waals surface area (Å²) >= 11 is 0. The lowest BCUT2D eigenvalue weighted by molar-refractivity contribution is 0.0970. The first-order chi connectivity index (χ1) is 13.3. The number of piperidine rings is 1. The molecule has 0 unspecified atom stereocenters. The molecule has 27 heavy (non-hydrogen) atoms. The summed E-state index contributed by atoms with van der Waals surface area (Å²) in [4.78, 5) is 19.6. The summed E-state index contributed by atoms with van der Waals surface area (Å²) in [5.74, 6) is 1.96. The molecule has 2 aromatic heterocycles. The van der Waals surface area contributed by atoms with Gasteiger partial charge in [0.05, 0.1) is 0 Å². The van der Waals surface area contributed by atoms with E-state index in [1.165, 1.54) is 56.3 Å². The molecular formula is C23H29N3O. The fourth-order valence-electron chi connectivity index (χ4n) is 5.76. The molecule has 0 spiro atoms. The van der Waals surface area contributed by atoms with E-state index in [0.29, 0.717) is 11.8 Å². The molecule has 0 aromatic carbocycles. The first kappa shape index (κ1) is 17.2. The monoisotopic (exact) mass is 363 g/mol. The maximum absolute atomic E-state index is 12.6. The predicted molar refractivity (Wildman–Crippen MR) is 108 cm³/mol. The molecule has 4 heterocycles. The van der Waals surface area contributed by atoms with E-state index >= 15 is 0 Å². The van der Waals surface area contributed by atoms with Crippen molar-refractivity contribution in [2.45, 2.75) is 51.0 Å². The van der Waals surface area contributed by atoms with Crippen LogP contribution >= 0.6 is 0 Å². The van der Waals surface area contributed by atoms with Gasteiger partial charge in [-0.1, -0.05) is 25.3 Å². The van der Waals surface area contributed by atoms with Crippen molar-refractivity contribution >= 4 is 0 Å². The third kappa shape index (κ3) is 3.36. The van der Waals surface area contributed by atoms with E-state index in [2.05, 4.69) is 20.5 Å². The van der Waals surface area contributed by atoms with Crippen LogP contribution in [0, 0.1) is 11.8 Å². The van der Waals surface area contributed by atoms with Gasteiger partial charge in [-0.2, -0.15) is 0 Å². The molecule has 2 aliphatic heterocycles. The number of likely N-dealkylation sites (tertiary alicyclic amines) is 1. The zero-order valence-corrected chi connectivity index (χ0v) is 16.0. The summed E-state index contributed by atoms with van der Waals surface area (Å²) in [7, 11) is 0. The smallest absolute Gasteiger partial charge is 0.250 e. The molecule has 1 saturated heterocycles. The SMILES string of the molecule is O=c1ccc(-c2cccnc2)c2n1C[C@H]1C[C@H]2CN(CC2CCCCC2)C1. The highest BCUT2D eigenvalue weighted by Crippen LogP contribution is 2.40. The van der Waals surface area contributed by atoms with Crippen LogP contribution in [-0.4, -0.2) is 34.1 Å². The summed E-state index contributed by atoms with van der Waals surface area (Å²) in [5, 5.41) is 0. The van der Waals surface area contributed by atoms with Crippen molar-refractivity contribution in [3.63, 3.8) is 0 Å². The minimum absolute atomic E-state index is 0.160. The largest absolute Gasteiger partial charge is 0.311 e. The van der Waals surface area contributed by atoms with Crippen molar-refractivity contribution in [1.29, 1.82) is 0 Å². The Kier molecular flexibility index (Phi) is 4.60. The minimum atomic E-state index is 0.160. The van der Waals surface area contributed by atoms with Gasteiger partial charge in [-0.15, -0.1) is 0 Å². The molecule has 0 amide bonds. The van der Waals surface area contributed by atoms with Crippen molar-refractivity contribution in [3.05, 3.63) is 52.7 Å². The van der Waals surface area contributed by atoms with Gasteiger partial charge in [0, 0.05) is 67.4 Å². The molecule has 2 bridgehead atoms. The first-order valence-corrected chi connectivity index (χ1v) is 10.6. The van der Waals surface area contributed by atoms with Gasteiger partial charge in [0.1, 0.15) is 0 Å². The topological polar surface area (TPSA) is 38.1 Å². The van der Waals surface area contributed by atoms with E-state index in [9.17, 15) is 4.79 Å². The third-order valence-electron chi connectivity index (χ3n) is 6.88. The lowest BCUT2D eigenvalue weighted by Crippen LogP contribution is -2.48. The molecule has 2 fully saturated rings. The highest BCUT2D eigenvalue weighted by molar-refractivity contribution is 5.66. The molecule has 0 radical (unpaired) electrons. The number of aromatic nitrogens is 2. The molecular weight excluding hydrogens is 334 g/mol. The normalized spacial score (nSPS) is 25.9. The van der Waals surface area contributed by atoms with Gasteiger partial charge in [-0.25, -0.2) is 0 Å². The zero-order valence-electron chi connectivity index (χ0n) is 16.0. The Hall–Kier alpha value is -1.94. The van der Waals surface area contributed by atoms with Crippen molar-refractivity contribution in [2.24, 2.45) is 11.8 Å². The number of fused-ring (bicyclic) bond motifs is 4. The average Bonchev–Trinajstić information content (AvgIpc) is 2.70. The minimum Gasteiger partial charge on any atom is -0.311 e. The average molecular weight is 364 g/mol. The summed E-state index contributed by atoms with van der Waals surface area (Å²) in [6.07, 6.45) is 12.0. The second-order valence-electron chi connectivity index (χ2n) is 8.84. The quantitative estimate of drug-likeness (QED) is 0.830.